The van der Waals surface area contributed by atoms with Crippen molar-refractivity contribution in [3.8, 4) is 23.0 Å². The van der Waals surface area contributed by atoms with Crippen molar-refractivity contribution < 1.29 is 18.9 Å². The van der Waals surface area contributed by atoms with Gasteiger partial charge >= 0.3 is 0 Å². The van der Waals surface area contributed by atoms with E-state index in [0.717, 1.165) is 35.8 Å². The highest BCUT2D eigenvalue weighted by Crippen LogP contribution is 2.40. The van der Waals surface area contributed by atoms with Crippen molar-refractivity contribution in [3.63, 3.8) is 0 Å². The fourth-order valence-corrected chi connectivity index (χ4v) is 7.63. The second kappa shape index (κ2) is 29.2. The maximum absolute atomic E-state index is 5.96. The topological polar surface area (TPSA) is 36.9 Å². The molecule has 0 saturated carbocycles. The zero-order valence-corrected chi connectivity index (χ0v) is 33.7. The molecule has 0 N–H and O–H groups in total. The normalized spacial score (nSPS) is 11.9. The summed E-state index contributed by atoms with van der Waals surface area (Å²) in [6.07, 6.45) is 36.0. The molecule has 0 aliphatic carbocycles. The minimum Gasteiger partial charge on any atom is -0.493 e. The maximum atomic E-state index is 5.96. The van der Waals surface area contributed by atoms with Crippen LogP contribution in [0.3, 0.4) is 0 Å². The largest absolute Gasteiger partial charge is 0.493 e. The van der Waals surface area contributed by atoms with Gasteiger partial charge in [0.25, 0.3) is 0 Å². The van der Waals surface area contributed by atoms with Crippen molar-refractivity contribution in [1.29, 1.82) is 0 Å². The molecule has 1 unspecified atom stereocenters. The number of aryl methyl sites for hydroxylation is 2. The number of para-hydroxylation sites is 1. The molecule has 0 fully saturated rings. The minimum absolute atomic E-state index is 0.481. The predicted molar refractivity (Wildman–Crippen MR) is 216 cm³/mol. The third kappa shape index (κ3) is 17.7. The Hall–Kier alpha value is -2.36. The molecule has 0 bridgehead atoms. The van der Waals surface area contributed by atoms with E-state index in [4.69, 9.17) is 18.9 Å². The molecule has 0 aliphatic heterocycles. The summed E-state index contributed by atoms with van der Waals surface area (Å²) in [5.41, 5.74) is 3.87. The van der Waals surface area contributed by atoms with Gasteiger partial charge in [-0.25, -0.2) is 0 Å². The molecule has 0 radical (unpaired) electrons. The summed E-state index contributed by atoms with van der Waals surface area (Å²) >= 11 is 0. The predicted octanol–water partition coefficient (Wildman–Crippen LogP) is 14.4. The van der Waals surface area contributed by atoms with Gasteiger partial charge in [-0.2, -0.15) is 0 Å². The van der Waals surface area contributed by atoms with Crippen molar-refractivity contribution >= 4 is 0 Å². The molecule has 4 nitrogen and oxygen atoms in total. The van der Waals surface area contributed by atoms with Crippen LogP contribution in [0.5, 0.6) is 23.0 Å². The third-order valence-corrected chi connectivity index (χ3v) is 10.8. The van der Waals surface area contributed by atoms with Gasteiger partial charge in [-0.3, -0.25) is 0 Å². The molecule has 0 aliphatic rings. The van der Waals surface area contributed by atoms with Gasteiger partial charge in [0, 0.05) is 5.56 Å². The molecule has 286 valence electrons. The summed E-state index contributed by atoms with van der Waals surface area (Å²) in [6, 6.07) is 10.8. The Balaban J connectivity index is 1.53. The molecule has 4 heteroatoms. The zero-order chi connectivity index (χ0) is 36.1. The van der Waals surface area contributed by atoms with Crippen molar-refractivity contribution in [1.82, 2.24) is 0 Å². The molecule has 0 saturated heterocycles. The third-order valence-electron chi connectivity index (χ3n) is 10.8. The van der Waals surface area contributed by atoms with Crippen LogP contribution >= 0.6 is 0 Å². The molecular weight excluding hydrogens is 617 g/mol. The maximum Gasteiger partial charge on any atom is 0.164 e. The van der Waals surface area contributed by atoms with E-state index in [9.17, 15) is 0 Å². The molecule has 50 heavy (non-hydrogen) atoms. The average Bonchev–Trinajstić information content (AvgIpc) is 3.14. The molecule has 2 rings (SSSR count). The van der Waals surface area contributed by atoms with Crippen molar-refractivity contribution in [2.75, 3.05) is 28.4 Å². The molecule has 2 aromatic carbocycles. The number of methoxy groups -OCH3 is 4. The van der Waals surface area contributed by atoms with Crippen LogP contribution in [0, 0.1) is 0 Å². The van der Waals surface area contributed by atoms with Crippen LogP contribution in [0.15, 0.2) is 30.3 Å². The van der Waals surface area contributed by atoms with Crippen molar-refractivity contribution in [2.45, 2.75) is 193 Å². The van der Waals surface area contributed by atoms with Crippen LogP contribution < -0.4 is 18.9 Å². The van der Waals surface area contributed by atoms with Gasteiger partial charge in [0.1, 0.15) is 0 Å². The van der Waals surface area contributed by atoms with Gasteiger partial charge in [-0.15, -0.1) is 0 Å². The van der Waals surface area contributed by atoms with E-state index in [0.29, 0.717) is 5.92 Å². The van der Waals surface area contributed by atoms with E-state index in [1.165, 1.54) is 177 Å². The first-order chi connectivity index (χ1) is 24.6. The van der Waals surface area contributed by atoms with E-state index >= 15 is 0 Å². The van der Waals surface area contributed by atoms with Gasteiger partial charge in [-0.05, 0) is 55.2 Å². The number of unbranched alkanes of at least 4 members (excludes halogenated alkanes) is 22. The fourth-order valence-electron chi connectivity index (χ4n) is 7.63. The highest BCUT2D eigenvalue weighted by molar-refractivity contribution is 5.53. The second-order valence-corrected chi connectivity index (χ2v) is 14.9. The standard InChI is InChI=1S/C46H78O4/c1-7-8-9-10-11-12-13-14-17-21-24-27-30-34-41-37-38-42(46(50-6)45(41)49-5)39(2)32-28-25-22-19-16-15-18-20-23-26-29-33-40-35-31-36-43(47-3)44(40)48-4/h31,35-39H,7-30,32-34H2,1-6H3. The Morgan fingerprint density at radius 2 is 0.840 bits per heavy atom. The summed E-state index contributed by atoms with van der Waals surface area (Å²) in [4.78, 5) is 0. The molecule has 0 aromatic heterocycles. The molecule has 0 amide bonds. The Bertz CT molecular complexity index is 1100. The molecule has 2 aromatic rings. The van der Waals surface area contributed by atoms with E-state index in [-0.39, 0.29) is 0 Å². The first kappa shape index (κ1) is 43.8. The van der Waals surface area contributed by atoms with Crippen LogP contribution in [0.1, 0.15) is 197 Å². The highest BCUT2D eigenvalue weighted by Gasteiger charge is 2.19. The zero-order valence-electron chi connectivity index (χ0n) is 33.7. The van der Waals surface area contributed by atoms with E-state index in [1.807, 2.05) is 13.2 Å². The molecule has 1 atom stereocenters. The van der Waals surface area contributed by atoms with Gasteiger partial charge in [0.05, 0.1) is 28.4 Å². The van der Waals surface area contributed by atoms with Gasteiger partial charge < -0.3 is 18.9 Å². The van der Waals surface area contributed by atoms with E-state index < -0.39 is 0 Å². The Labute approximate surface area is 309 Å². The lowest BCUT2D eigenvalue weighted by atomic mass is 9.91. The fraction of sp³-hybridized carbons (Fsp3) is 0.739. The van der Waals surface area contributed by atoms with Gasteiger partial charge in [0.2, 0.25) is 0 Å². The lowest BCUT2D eigenvalue weighted by Crippen LogP contribution is -2.03. The summed E-state index contributed by atoms with van der Waals surface area (Å²) < 4.78 is 22.9. The smallest absolute Gasteiger partial charge is 0.164 e. The first-order valence-corrected chi connectivity index (χ1v) is 21.0. The van der Waals surface area contributed by atoms with Crippen LogP contribution in [-0.2, 0) is 12.8 Å². The monoisotopic (exact) mass is 695 g/mol. The SMILES string of the molecule is CCCCCCCCCCCCCCCc1ccc(C(C)CCCCCCCCCCCCCc2cccc(OC)c2OC)c(OC)c1OC. The first-order valence-electron chi connectivity index (χ1n) is 21.0. The average molecular weight is 695 g/mol. The molecule has 0 spiro atoms. The van der Waals surface area contributed by atoms with Crippen LogP contribution in [0.25, 0.3) is 0 Å². The molecule has 0 heterocycles. The Morgan fingerprint density at radius 1 is 0.420 bits per heavy atom. The summed E-state index contributed by atoms with van der Waals surface area (Å²) in [6.45, 7) is 4.65. The van der Waals surface area contributed by atoms with Crippen LogP contribution in [0.2, 0.25) is 0 Å². The Morgan fingerprint density at radius 3 is 1.28 bits per heavy atom. The molecular formula is C46H78O4. The van der Waals surface area contributed by atoms with Gasteiger partial charge in [0.15, 0.2) is 23.0 Å². The number of hydrogen-bond donors (Lipinski definition) is 0. The summed E-state index contributed by atoms with van der Waals surface area (Å²) in [5, 5.41) is 0. The quantitative estimate of drug-likeness (QED) is 0.0697. The van der Waals surface area contributed by atoms with Crippen molar-refractivity contribution in [3.05, 3.63) is 47.0 Å². The Kier molecular flexibility index (Phi) is 25.6. The minimum atomic E-state index is 0.481. The summed E-state index contributed by atoms with van der Waals surface area (Å²) in [5.74, 6) is 4.14. The van der Waals surface area contributed by atoms with E-state index in [2.05, 4.69) is 38.1 Å². The lowest BCUT2D eigenvalue weighted by Gasteiger charge is -2.20. The van der Waals surface area contributed by atoms with Crippen LogP contribution in [-0.4, -0.2) is 28.4 Å². The number of ether oxygens (including phenoxy) is 4. The summed E-state index contributed by atoms with van der Waals surface area (Å²) in [7, 11) is 7.05. The van der Waals surface area contributed by atoms with Gasteiger partial charge in [-0.1, -0.05) is 179 Å². The lowest BCUT2D eigenvalue weighted by molar-refractivity contribution is 0.345. The number of rotatable bonds is 33. The number of hydrogen-bond acceptors (Lipinski definition) is 4. The second-order valence-electron chi connectivity index (χ2n) is 14.9. The van der Waals surface area contributed by atoms with Crippen LogP contribution in [0.4, 0.5) is 0 Å². The van der Waals surface area contributed by atoms with Crippen molar-refractivity contribution in [2.24, 2.45) is 0 Å². The van der Waals surface area contributed by atoms with E-state index in [1.54, 1.807) is 21.3 Å². The number of benzene rings is 2. The highest BCUT2D eigenvalue weighted by atomic mass is 16.5.